The third-order valence-electron chi connectivity index (χ3n) is 4.85. The van der Waals surface area contributed by atoms with Crippen LogP contribution in [0, 0.1) is 20.8 Å². The highest BCUT2D eigenvalue weighted by Gasteiger charge is 2.19. The number of hydrogen-bond donors (Lipinski definition) is 1. The molecule has 142 valence electrons. The Hall–Kier alpha value is -2.60. The van der Waals surface area contributed by atoms with Gasteiger partial charge in [-0.3, -0.25) is 18.7 Å². The summed E-state index contributed by atoms with van der Waals surface area (Å²) < 4.78 is 3.47. The minimum atomic E-state index is -0.136. The van der Waals surface area contributed by atoms with Crippen LogP contribution in [0.1, 0.15) is 30.2 Å². The van der Waals surface area contributed by atoms with Crippen molar-refractivity contribution in [2.45, 2.75) is 40.7 Å². The molecule has 27 heavy (non-hydrogen) atoms. The molecule has 3 aromatic rings. The summed E-state index contributed by atoms with van der Waals surface area (Å²) in [5, 5.41) is 3.94. The molecule has 0 aliphatic rings. The molecule has 0 aliphatic heterocycles. The largest absolute Gasteiger partial charge is 0.356 e. The van der Waals surface area contributed by atoms with E-state index in [0.29, 0.717) is 29.1 Å². The molecule has 0 fully saturated rings. The van der Waals surface area contributed by atoms with Crippen LogP contribution in [0.2, 0.25) is 5.02 Å². The van der Waals surface area contributed by atoms with Gasteiger partial charge in [-0.1, -0.05) is 17.7 Å². The predicted octanol–water partition coefficient (Wildman–Crippen LogP) is 3.29. The maximum absolute atomic E-state index is 13.0. The van der Waals surface area contributed by atoms with Crippen LogP contribution in [0.25, 0.3) is 16.7 Å². The van der Waals surface area contributed by atoms with Crippen molar-refractivity contribution in [3.63, 3.8) is 0 Å². The number of carbonyl (C=O) groups excluding carboxylic acids is 1. The van der Waals surface area contributed by atoms with Crippen molar-refractivity contribution < 1.29 is 4.79 Å². The second kappa shape index (κ2) is 7.56. The van der Waals surface area contributed by atoms with Crippen LogP contribution in [0.5, 0.6) is 0 Å². The van der Waals surface area contributed by atoms with Gasteiger partial charge in [-0.2, -0.15) is 0 Å². The highest BCUT2D eigenvalue weighted by atomic mass is 35.5. The number of hydrogen-bond acceptors (Lipinski definition) is 3. The number of rotatable bonds is 5. The van der Waals surface area contributed by atoms with Gasteiger partial charge in [0.2, 0.25) is 5.91 Å². The van der Waals surface area contributed by atoms with Crippen molar-refractivity contribution in [3.8, 4) is 5.69 Å². The summed E-state index contributed by atoms with van der Waals surface area (Å²) in [7, 11) is 0. The Balaban J connectivity index is 2.13. The predicted molar refractivity (Wildman–Crippen MR) is 108 cm³/mol. The van der Waals surface area contributed by atoms with Gasteiger partial charge in [-0.25, -0.2) is 4.98 Å². The van der Waals surface area contributed by atoms with Gasteiger partial charge in [0, 0.05) is 30.2 Å². The van der Waals surface area contributed by atoms with E-state index in [4.69, 9.17) is 11.6 Å². The van der Waals surface area contributed by atoms with Crippen LogP contribution >= 0.6 is 11.6 Å². The number of halogens is 1. The number of nitrogens with one attached hydrogen (secondary N) is 1. The lowest BCUT2D eigenvalue weighted by Crippen LogP contribution is -2.27. The Bertz CT molecular complexity index is 1080. The zero-order chi connectivity index (χ0) is 19.7. The molecular weight excluding hydrogens is 364 g/mol. The zero-order valence-corrected chi connectivity index (χ0v) is 16.7. The summed E-state index contributed by atoms with van der Waals surface area (Å²) in [6.07, 6.45) is 1.76. The number of nitrogens with zero attached hydrogens (tertiary/aromatic N) is 3. The number of aryl methyl sites for hydroxylation is 3. The van der Waals surface area contributed by atoms with E-state index in [0.717, 1.165) is 22.5 Å². The normalized spacial score (nSPS) is 11.1. The minimum absolute atomic E-state index is 0.0791. The number of carbonyl (C=O) groups is 1. The van der Waals surface area contributed by atoms with E-state index in [1.165, 1.54) is 10.9 Å². The van der Waals surface area contributed by atoms with Crippen molar-refractivity contribution in [3.05, 3.63) is 56.7 Å². The highest BCUT2D eigenvalue weighted by molar-refractivity contribution is 6.30. The Labute approximate surface area is 162 Å². The molecule has 0 unspecified atom stereocenters. The summed E-state index contributed by atoms with van der Waals surface area (Å²) >= 11 is 6.19. The second-order valence-corrected chi connectivity index (χ2v) is 7.06. The lowest BCUT2D eigenvalue weighted by molar-refractivity contribution is -0.121. The van der Waals surface area contributed by atoms with Gasteiger partial charge in [-0.05, 0) is 51.0 Å². The first kappa shape index (κ1) is 19.2. The van der Waals surface area contributed by atoms with Gasteiger partial charge >= 0.3 is 0 Å². The molecule has 1 aromatic carbocycles. The summed E-state index contributed by atoms with van der Waals surface area (Å²) in [6.45, 7) is 8.63. The number of benzene rings is 1. The van der Waals surface area contributed by atoms with E-state index >= 15 is 0 Å². The van der Waals surface area contributed by atoms with Crippen molar-refractivity contribution in [1.29, 1.82) is 0 Å². The van der Waals surface area contributed by atoms with Gasteiger partial charge in [0.1, 0.15) is 0 Å². The van der Waals surface area contributed by atoms with E-state index in [1.54, 1.807) is 0 Å². The standard InChI is InChI=1S/C20H23ClN4O2/c1-5-22-17(26)8-9-24-11-23-19-18(20(24)27)13(3)14(4)25(19)16-10-15(21)7-6-12(16)2/h6-7,10-11H,5,8-9H2,1-4H3,(H,22,26). The first-order valence-electron chi connectivity index (χ1n) is 8.95. The topological polar surface area (TPSA) is 68.9 Å². The van der Waals surface area contributed by atoms with Gasteiger partial charge < -0.3 is 5.32 Å². The zero-order valence-electron chi connectivity index (χ0n) is 16.0. The van der Waals surface area contributed by atoms with Crippen molar-refractivity contribution in [1.82, 2.24) is 19.4 Å². The average Bonchev–Trinajstić information content (AvgIpc) is 2.88. The molecule has 0 saturated heterocycles. The highest BCUT2D eigenvalue weighted by Crippen LogP contribution is 2.28. The molecule has 6 nitrogen and oxygen atoms in total. The molecule has 2 aromatic heterocycles. The maximum atomic E-state index is 13.0. The van der Waals surface area contributed by atoms with Crippen LogP contribution in [-0.4, -0.2) is 26.6 Å². The fraction of sp³-hybridized carbons (Fsp3) is 0.350. The second-order valence-electron chi connectivity index (χ2n) is 6.62. The van der Waals surface area contributed by atoms with Crippen LogP contribution in [0.15, 0.2) is 29.3 Å². The first-order chi connectivity index (χ1) is 12.8. The van der Waals surface area contributed by atoms with E-state index in [1.807, 2.05) is 50.5 Å². The smallest absolute Gasteiger partial charge is 0.263 e. The van der Waals surface area contributed by atoms with Gasteiger partial charge in [-0.15, -0.1) is 0 Å². The third-order valence-corrected chi connectivity index (χ3v) is 5.08. The summed E-state index contributed by atoms with van der Waals surface area (Å²) in [6, 6.07) is 5.67. The summed E-state index contributed by atoms with van der Waals surface area (Å²) in [5.74, 6) is -0.0791. The Morgan fingerprint density at radius 3 is 2.70 bits per heavy atom. The third kappa shape index (κ3) is 3.49. The van der Waals surface area contributed by atoms with Crippen LogP contribution in [0.4, 0.5) is 0 Å². The molecule has 7 heteroatoms. The van der Waals surface area contributed by atoms with Crippen LogP contribution in [-0.2, 0) is 11.3 Å². The lowest BCUT2D eigenvalue weighted by atomic mass is 10.2. The molecule has 0 radical (unpaired) electrons. The van der Waals surface area contributed by atoms with E-state index < -0.39 is 0 Å². The molecule has 2 heterocycles. The Morgan fingerprint density at radius 2 is 2.00 bits per heavy atom. The van der Waals surface area contributed by atoms with Crippen LogP contribution in [0.3, 0.4) is 0 Å². The van der Waals surface area contributed by atoms with Crippen molar-refractivity contribution >= 4 is 28.5 Å². The Morgan fingerprint density at radius 1 is 1.26 bits per heavy atom. The SMILES string of the molecule is CCNC(=O)CCn1cnc2c(c(C)c(C)n2-c2cc(Cl)ccc2C)c1=O. The maximum Gasteiger partial charge on any atom is 0.263 e. The van der Waals surface area contributed by atoms with Crippen molar-refractivity contribution in [2.75, 3.05) is 6.54 Å². The quantitative estimate of drug-likeness (QED) is 0.731. The first-order valence-corrected chi connectivity index (χ1v) is 9.33. The number of aromatic nitrogens is 3. The molecule has 3 rings (SSSR count). The van der Waals surface area contributed by atoms with Crippen LogP contribution < -0.4 is 10.9 Å². The molecule has 1 N–H and O–H groups in total. The van der Waals surface area contributed by atoms with Crippen molar-refractivity contribution in [2.24, 2.45) is 0 Å². The summed E-state index contributed by atoms with van der Waals surface area (Å²) in [4.78, 5) is 29.3. The van der Waals surface area contributed by atoms with E-state index in [-0.39, 0.29) is 17.9 Å². The molecule has 0 atom stereocenters. The Kier molecular flexibility index (Phi) is 5.37. The minimum Gasteiger partial charge on any atom is -0.356 e. The fourth-order valence-electron chi connectivity index (χ4n) is 3.27. The van der Waals surface area contributed by atoms with Gasteiger partial charge in [0.25, 0.3) is 5.56 Å². The fourth-order valence-corrected chi connectivity index (χ4v) is 3.44. The van der Waals surface area contributed by atoms with Gasteiger partial charge in [0.15, 0.2) is 5.65 Å². The molecular formula is C20H23ClN4O2. The molecule has 0 saturated carbocycles. The molecule has 0 bridgehead atoms. The summed E-state index contributed by atoms with van der Waals surface area (Å²) in [5.41, 5.74) is 4.25. The monoisotopic (exact) mass is 386 g/mol. The molecule has 0 spiro atoms. The number of amides is 1. The van der Waals surface area contributed by atoms with Gasteiger partial charge in [0.05, 0.1) is 17.4 Å². The van der Waals surface area contributed by atoms with E-state index in [9.17, 15) is 9.59 Å². The van der Waals surface area contributed by atoms with E-state index in [2.05, 4.69) is 10.3 Å². The number of fused-ring (bicyclic) bond motifs is 1. The molecule has 0 aliphatic carbocycles. The average molecular weight is 387 g/mol. The molecule has 1 amide bonds. The lowest BCUT2D eigenvalue weighted by Gasteiger charge is -2.12.